The maximum atomic E-state index is 11.1. The van der Waals surface area contributed by atoms with E-state index in [0.29, 0.717) is 0 Å². The number of rotatable bonds is 4. The van der Waals surface area contributed by atoms with Gasteiger partial charge in [0.05, 0.1) is 13.5 Å². The van der Waals surface area contributed by atoms with Gasteiger partial charge in [0.1, 0.15) is 6.04 Å². The summed E-state index contributed by atoms with van der Waals surface area (Å²) in [6.45, 7) is 0. The molecule has 2 N–H and O–H groups in total. The molecule has 0 amide bonds. The molecular formula is C6H10FNO4. The van der Waals surface area contributed by atoms with Crippen molar-refractivity contribution in [2.45, 2.75) is 18.9 Å². The van der Waals surface area contributed by atoms with Gasteiger partial charge in [0.15, 0.2) is 0 Å². The molecule has 12 heavy (non-hydrogen) atoms. The minimum Gasteiger partial charge on any atom is -0.468 e. The molecule has 0 saturated heterocycles. The first-order chi connectivity index (χ1) is 5.61. The fraction of sp³-hybridized carbons (Fsp3) is 0.667. The van der Waals surface area contributed by atoms with Crippen LogP contribution in [-0.4, -0.2) is 25.1 Å². The van der Waals surface area contributed by atoms with Crippen LogP contribution < -0.4 is 5.73 Å². The first-order valence-corrected chi connectivity index (χ1v) is 3.26. The first kappa shape index (κ1) is 10.8. The van der Waals surface area contributed by atoms with E-state index < -0.39 is 18.0 Å². The zero-order valence-electron chi connectivity index (χ0n) is 6.58. The van der Waals surface area contributed by atoms with E-state index in [2.05, 4.69) is 9.68 Å². The SMILES string of the molecule is COC(=O)C(N)CCC(=O)OF. The molecule has 0 bridgehead atoms. The maximum Gasteiger partial charge on any atom is 0.348 e. The van der Waals surface area contributed by atoms with Crippen LogP contribution in [0.3, 0.4) is 0 Å². The molecule has 0 aliphatic rings. The Morgan fingerprint density at radius 3 is 2.58 bits per heavy atom. The molecule has 0 aliphatic heterocycles. The second-order valence-electron chi connectivity index (χ2n) is 2.12. The van der Waals surface area contributed by atoms with Crippen molar-refractivity contribution in [3.05, 3.63) is 0 Å². The fourth-order valence-electron chi connectivity index (χ4n) is 0.581. The predicted molar refractivity (Wildman–Crippen MR) is 36.4 cm³/mol. The van der Waals surface area contributed by atoms with Crippen molar-refractivity contribution < 1.29 is 23.8 Å². The van der Waals surface area contributed by atoms with Gasteiger partial charge in [-0.25, -0.2) is 4.79 Å². The van der Waals surface area contributed by atoms with Gasteiger partial charge in [-0.3, -0.25) is 9.74 Å². The fourth-order valence-corrected chi connectivity index (χ4v) is 0.581. The van der Waals surface area contributed by atoms with Crippen LogP contribution in [0, 0.1) is 0 Å². The first-order valence-electron chi connectivity index (χ1n) is 3.26. The van der Waals surface area contributed by atoms with E-state index in [1.165, 1.54) is 7.11 Å². The van der Waals surface area contributed by atoms with Gasteiger partial charge < -0.3 is 10.5 Å². The summed E-state index contributed by atoms with van der Waals surface area (Å²) < 4.78 is 15.4. The monoisotopic (exact) mass is 179 g/mol. The Kier molecular flexibility index (Phi) is 4.94. The van der Waals surface area contributed by atoms with E-state index in [1.807, 2.05) is 0 Å². The number of esters is 1. The highest BCUT2D eigenvalue weighted by Gasteiger charge is 2.15. The number of nitrogens with two attached hydrogens (primary N) is 1. The largest absolute Gasteiger partial charge is 0.468 e. The summed E-state index contributed by atoms with van der Waals surface area (Å²) >= 11 is 0. The number of halogens is 1. The molecule has 1 unspecified atom stereocenters. The molecule has 70 valence electrons. The number of hydrogen-bond acceptors (Lipinski definition) is 5. The minimum absolute atomic E-state index is 0.00935. The van der Waals surface area contributed by atoms with Gasteiger partial charge in [-0.05, 0) is 6.42 Å². The Labute approximate surface area is 68.5 Å². The summed E-state index contributed by atoms with van der Waals surface area (Å²) in [6.07, 6.45) is -0.234. The summed E-state index contributed by atoms with van der Waals surface area (Å²) in [6, 6.07) is -0.908. The van der Waals surface area contributed by atoms with Crippen molar-refractivity contribution in [1.82, 2.24) is 0 Å². The van der Waals surface area contributed by atoms with Crippen molar-refractivity contribution in [2.24, 2.45) is 5.73 Å². The number of ether oxygens (including phenoxy) is 1. The van der Waals surface area contributed by atoms with E-state index in [-0.39, 0.29) is 12.8 Å². The van der Waals surface area contributed by atoms with Crippen LogP contribution in [0.1, 0.15) is 12.8 Å². The van der Waals surface area contributed by atoms with Crippen LogP contribution >= 0.6 is 0 Å². The van der Waals surface area contributed by atoms with Crippen LogP contribution in [0.15, 0.2) is 0 Å². The Bertz CT molecular complexity index is 173. The average molecular weight is 179 g/mol. The lowest BCUT2D eigenvalue weighted by molar-refractivity contribution is -0.183. The molecule has 0 aliphatic carbocycles. The van der Waals surface area contributed by atoms with Gasteiger partial charge in [0.2, 0.25) is 0 Å². The molecule has 0 aromatic carbocycles. The number of hydrogen-bond donors (Lipinski definition) is 1. The van der Waals surface area contributed by atoms with Crippen LogP contribution in [0.2, 0.25) is 0 Å². The number of carbonyl (C=O) groups excluding carboxylic acids is 2. The Morgan fingerprint density at radius 1 is 1.58 bits per heavy atom. The molecule has 0 spiro atoms. The van der Waals surface area contributed by atoms with Crippen LogP contribution in [0.5, 0.6) is 0 Å². The van der Waals surface area contributed by atoms with Gasteiger partial charge in [-0.15, -0.1) is 0 Å². The lowest BCUT2D eigenvalue weighted by Crippen LogP contribution is -2.32. The smallest absolute Gasteiger partial charge is 0.348 e. The molecular weight excluding hydrogens is 169 g/mol. The molecule has 0 fully saturated rings. The summed E-state index contributed by atoms with van der Waals surface area (Å²) in [5, 5.41) is 0. The Hall–Kier alpha value is -1.17. The van der Waals surface area contributed by atoms with Gasteiger partial charge in [0, 0.05) is 4.53 Å². The molecule has 0 saturated carbocycles. The maximum absolute atomic E-state index is 11.1. The normalized spacial score (nSPS) is 11.9. The number of methoxy groups -OCH3 is 1. The lowest BCUT2D eigenvalue weighted by Gasteiger charge is -2.06. The zero-order chi connectivity index (χ0) is 9.56. The molecule has 0 aromatic rings. The molecule has 0 radical (unpaired) electrons. The summed E-state index contributed by atoms with van der Waals surface area (Å²) in [5.74, 6) is -1.68. The third-order valence-corrected chi connectivity index (χ3v) is 1.25. The predicted octanol–water partition coefficient (Wildman–Crippen LogP) is -0.305. The molecule has 5 nitrogen and oxygen atoms in total. The van der Waals surface area contributed by atoms with E-state index in [1.54, 1.807) is 0 Å². The third-order valence-electron chi connectivity index (χ3n) is 1.25. The second-order valence-corrected chi connectivity index (χ2v) is 2.12. The van der Waals surface area contributed by atoms with E-state index in [0.717, 1.165) is 0 Å². The van der Waals surface area contributed by atoms with Crippen molar-refractivity contribution in [3.8, 4) is 0 Å². The molecule has 1 atom stereocenters. The van der Waals surface area contributed by atoms with Gasteiger partial charge in [-0.2, -0.15) is 0 Å². The molecule has 0 rings (SSSR count). The second kappa shape index (κ2) is 5.48. The van der Waals surface area contributed by atoms with E-state index in [9.17, 15) is 14.1 Å². The Morgan fingerprint density at radius 2 is 2.17 bits per heavy atom. The minimum atomic E-state index is -1.05. The average Bonchev–Trinajstić information content (AvgIpc) is 2.11. The van der Waals surface area contributed by atoms with E-state index in [4.69, 9.17) is 5.73 Å². The van der Waals surface area contributed by atoms with Gasteiger partial charge >= 0.3 is 11.9 Å². The van der Waals surface area contributed by atoms with Crippen molar-refractivity contribution in [3.63, 3.8) is 0 Å². The quantitative estimate of drug-likeness (QED) is 0.599. The van der Waals surface area contributed by atoms with E-state index >= 15 is 0 Å². The third kappa shape index (κ3) is 3.87. The summed E-state index contributed by atoms with van der Waals surface area (Å²) in [7, 11) is 1.18. The van der Waals surface area contributed by atoms with Crippen molar-refractivity contribution in [2.75, 3.05) is 7.11 Å². The molecule has 6 heteroatoms. The van der Waals surface area contributed by atoms with Crippen LogP contribution in [-0.2, 0) is 19.3 Å². The van der Waals surface area contributed by atoms with Crippen molar-refractivity contribution >= 4 is 11.9 Å². The molecule has 0 heterocycles. The molecule has 0 aromatic heterocycles. The lowest BCUT2D eigenvalue weighted by atomic mass is 10.2. The highest BCUT2D eigenvalue weighted by Crippen LogP contribution is 1.98. The number of carbonyl (C=O) groups is 2. The standard InChI is InChI=1S/C6H10FNO4/c1-11-6(10)4(8)2-3-5(9)12-7/h4H,2-3,8H2,1H3. The Balaban J connectivity index is 3.63. The van der Waals surface area contributed by atoms with Crippen LogP contribution in [0.4, 0.5) is 4.53 Å². The van der Waals surface area contributed by atoms with Gasteiger partial charge in [0.25, 0.3) is 0 Å². The van der Waals surface area contributed by atoms with Crippen LogP contribution in [0.25, 0.3) is 0 Å². The summed E-state index contributed by atoms with van der Waals surface area (Å²) in [5.41, 5.74) is 5.23. The summed E-state index contributed by atoms with van der Waals surface area (Å²) in [4.78, 5) is 23.7. The highest BCUT2D eigenvalue weighted by molar-refractivity contribution is 5.76. The van der Waals surface area contributed by atoms with Crippen molar-refractivity contribution in [1.29, 1.82) is 0 Å². The van der Waals surface area contributed by atoms with Gasteiger partial charge in [-0.1, -0.05) is 0 Å². The topological polar surface area (TPSA) is 78.6 Å². The zero-order valence-corrected chi connectivity index (χ0v) is 6.58. The highest BCUT2D eigenvalue weighted by atomic mass is 19.3.